The standard InChI is InChI=1S/C22H28N2O4S/c1-3-28-19-13-11-18(12-14-19)24-29(26,27)20-9-6-8-17(15-20)22(25)23-21-10-5-4-7-16(21)2/h6,8-9,11-16,21,24H,3-5,7,10H2,1-2H3,(H,23,25)/t16-,21+/m1/s1. The highest BCUT2D eigenvalue weighted by molar-refractivity contribution is 7.92. The van der Waals surface area contributed by atoms with Gasteiger partial charge < -0.3 is 10.1 Å². The van der Waals surface area contributed by atoms with Crippen molar-refractivity contribution in [1.29, 1.82) is 0 Å². The van der Waals surface area contributed by atoms with Crippen molar-refractivity contribution in [3.05, 3.63) is 54.1 Å². The lowest BCUT2D eigenvalue weighted by Crippen LogP contribution is -2.41. The molecule has 0 unspecified atom stereocenters. The monoisotopic (exact) mass is 416 g/mol. The molecule has 2 atom stereocenters. The molecule has 0 aromatic heterocycles. The molecule has 0 spiro atoms. The maximum absolute atomic E-state index is 12.8. The van der Waals surface area contributed by atoms with Crippen LogP contribution in [0.5, 0.6) is 5.75 Å². The fourth-order valence-electron chi connectivity index (χ4n) is 3.59. The largest absolute Gasteiger partial charge is 0.494 e. The molecule has 1 saturated carbocycles. The molecule has 1 aliphatic carbocycles. The Balaban J connectivity index is 1.72. The second-order valence-corrected chi connectivity index (χ2v) is 9.11. The number of sulfonamides is 1. The molecule has 0 heterocycles. The number of nitrogens with one attached hydrogen (secondary N) is 2. The minimum absolute atomic E-state index is 0.0516. The molecule has 0 saturated heterocycles. The van der Waals surface area contributed by atoms with Gasteiger partial charge >= 0.3 is 0 Å². The number of ether oxygens (including phenoxy) is 1. The van der Waals surface area contributed by atoms with Gasteiger partial charge in [0, 0.05) is 17.3 Å². The maximum atomic E-state index is 12.8. The van der Waals surface area contributed by atoms with Crippen molar-refractivity contribution >= 4 is 21.6 Å². The molecule has 2 aromatic rings. The van der Waals surface area contributed by atoms with Gasteiger partial charge in [-0.25, -0.2) is 8.42 Å². The summed E-state index contributed by atoms with van der Waals surface area (Å²) in [5.74, 6) is 0.869. The fraction of sp³-hybridized carbons (Fsp3) is 0.409. The van der Waals surface area contributed by atoms with Crippen molar-refractivity contribution in [2.24, 2.45) is 5.92 Å². The number of benzene rings is 2. The van der Waals surface area contributed by atoms with Gasteiger partial charge in [-0.05, 0) is 68.1 Å². The third-order valence-corrected chi connectivity index (χ3v) is 6.63. The van der Waals surface area contributed by atoms with E-state index in [1.165, 1.54) is 18.6 Å². The highest BCUT2D eigenvalue weighted by Crippen LogP contribution is 2.24. The SMILES string of the molecule is CCOc1ccc(NS(=O)(=O)c2cccc(C(=O)N[C@H]3CCCC[C@H]3C)c2)cc1. The molecule has 0 bridgehead atoms. The van der Waals surface area contributed by atoms with Gasteiger partial charge in [0.05, 0.1) is 11.5 Å². The summed E-state index contributed by atoms with van der Waals surface area (Å²) in [5.41, 5.74) is 0.775. The lowest BCUT2D eigenvalue weighted by Gasteiger charge is -2.29. The highest BCUT2D eigenvalue weighted by Gasteiger charge is 2.24. The van der Waals surface area contributed by atoms with Crippen LogP contribution in [0.1, 0.15) is 49.9 Å². The van der Waals surface area contributed by atoms with Crippen LogP contribution in [0.3, 0.4) is 0 Å². The smallest absolute Gasteiger partial charge is 0.261 e. The van der Waals surface area contributed by atoms with Gasteiger partial charge in [-0.3, -0.25) is 9.52 Å². The molecule has 3 rings (SSSR count). The van der Waals surface area contributed by atoms with E-state index in [9.17, 15) is 13.2 Å². The third kappa shape index (κ3) is 5.50. The van der Waals surface area contributed by atoms with Crippen LogP contribution in [0.25, 0.3) is 0 Å². The number of carbonyl (C=O) groups excluding carboxylic acids is 1. The Morgan fingerprint density at radius 2 is 1.83 bits per heavy atom. The molecule has 2 aromatic carbocycles. The van der Waals surface area contributed by atoms with Crippen LogP contribution >= 0.6 is 0 Å². The lowest BCUT2D eigenvalue weighted by atomic mass is 9.86. The predicted octanol–water partition coefficient (Wildman–Crippen LogP) is 4.19. The Kier molecular flexibility index (Phi) is 6.79. The minimum Gasteiger partial charge on any atom is -0.494 e. The second-order valence-electron chi connectivity index (χ2n) is 7.43. The first-order valence-electron chi connectivity index (χ1n) is 10.1. The van der Waals surface area contributed by atoms with Gasteiger partial charge in [0.2, 0.25) is 0 Å². The lowest BCUT2D eigenvalue weighted by molar-refractivity contribution is 0.0910. The molecule has 0 aliphatic heterocycles. The van der Waals surface area contributed by atoms with Crippen LogP contribution < -0.4 is 14.8 Å². The number of rotatable bonds is 7. The summed E-state index contributed by atoms with van der Waals surface area (Å²) >= 11 is 0. The molecule has 156 valence electrons. The van der Waals surface area contributed by atoms with Gasteiger partial charge in [0.15, 0.2) is 0 Å². The summed E-state index contributed by atoms with van der Waals surface area (Å²) in [6, 6.07) is 13.0. The molecule has 7 heteroatoms. The van der Waals surface area contributed by atoms with E-state index in [2.05, 4.69) is 17.0 Å². The van der Waals surface area contributed by atoms with Crippen LogP contribution in [0.4, 0.5) is 5.69 Å². The fourth-order valence-corrected chi connectivity index (χ4v) is 4.69. The third-order valence-electron chi connectivity index (χ3n) is 5.25. The molecule has 29 heavy (non-hydrogen) atoms. The van der Waals surface area contributed by atoms with Crippen LogP contribution in [0.2, 0.25) is 0 Å². The first-order chi connectivity index (χ1) is 13.9. The van der Waals surface area contributed by atoms with Crippen molar-refractivity contribution in [3.8, 4) is 5.75 Å². The van der Waals surface area contributed by atoms with Gasteiger partial charge in [0.1, 0.15) is 5.75 Å². The van der Waals surface area contributed by atoms with E-state index in [0.29, 0.717) is 29.5 Å². The van der Waals surface area contributed by atoms with E-state index >= 15 is 0 Å². The summed E-state index contributed by atoms with van der Waals surface area (Å²) in [4.78, 5) is 12.7. The number of hydrogen-bond donors (Lipinski definition) is 2. The number of amides is 1. The second kappa shape index (κ2) is 9.31. The Hall–Kier alpha value is -2.54. The van der Waals surface area contributed by atoms with Crippen molar-refractivity contribution in [2.45, 2.75) is 50.5 Å². The van der Waals surface area contributed by atoms with Crippen LogP contribution in [0.15, 0.2) is 53.4 Å². The van der Waals surface area contributed by atoms with Crippen LogP contribution in [-0.2, 0) is 10.0 Å². The Bertz CT molecular complexity index is 942. The zero-order valence-electron chi connectivity index (χ0n) is 16.9. The number of hydrogen-bond acceptors (Lipinski definition) is 4. The normalized spacial score (nSPS) is 19.4. The van der Waals surface area contributed by atoms with Gasteiger partial charge in [0.25, 0.3) is 15.9 Å². The van der Waals surface area contributed by atoms with E-state index in [4.69, 9.17) is 4.74 Å². The van der Waals surface area contributed by atoms with Crippen LogP contribution in [-0.4, -0.2) is 27.0 Å². The zero-order chi connectivity index (χ0) is 20.9. The molecule has 1 aliphatic rings. The zero-order valence-corrected chi connectivity index (χ0v) is 17.7. The Labute approximate surface area is 172 Å². The number of carbonyl (C=O) groups is 1. The Morgan fingerprint density at radius 1 is 1.10 bits per heavy atom. The predicted molar refractivity (Wildman–Crippen MR) is 114 cm³/mol. The summed E-state index contributed by atoms with van der Waals surface area (Å²) < 4.78 is 33.4. The maximum Gasteiger partial charge on any atom is 0.261 e. The quantitative estimate of drug-likeness (QED) is 0.709. The topological polar surface area (TPSA) is 84.5 Å². The summed E-state index contributed by atoms with van der Waals surface area (Å²) in [6.45, 7) is 4.57. The van der Waals surface area contributed by atoms with Gasteiger partial charge in [-0.2, -0.15) is 0 Å². The average Bonchev–Trinajstić information content (AvgIpc) is 2.71. The van der Waals surface area contributed by atoms with Crippen molar-refractivity contribution in [2.75, 3.05) is 11.3 Å². The Morgan fingerprint density at radius 3 is 2.52 bits per heavy atom. The molecule has 6 nitrogen and oxygen atoms in total. The van der Waals surface area contributed by atoms with Gasteiger partial charge in [-0.15, -0.1) is 0 Å². The summed E-state index contributed by atoms with van der Waals surface area (Å²) in [6.07, 6.45) is 4.36. The van der Waals surface area contributed by atoms with E-state index in [-0.39, 0.29) is 16.8 Å². The number of anilines is 1. The van der Waals surface area contributed by atoms with Crippen molar-refractivity contribution in [3.63, 3.8) is 0 Å². The van der Waals surface area contributed by atoms with Gasteiger partial charge in [-0.1, -0.05) is 25.8 Å². The minimum atomic E-state index is -3.81. The van der Waals surface area contributed by atoms with E-state index in [0.717, 1.165) is 19.3 Å². The molecular weight excluding hydrogens is 388 g/mol. The molecule has 1 fully saturated rings. The first kappa shape index (κ1) is 21.2. The van der Waals surface area contributed by atoms with E-state index in [1.807, 2.05) is 6.92 Å². The highest BCUT2D eigenvalue weighted by atomic mass is 32.2. The summed E-state index contributed by atoms with van der Waals surface area (Å²) in [5, 5.41) is 3.06. The van der Waals surface area contributed by atoms with Crippen LogP contribution in [0, 0.1) is 5.92 Å². The van der Waals surface area contributed by atoms with Crippen molar-refractivity contribution in [1.82, 2.24) is 5.32 Å². The molecular formula is C22H28N2O4S. The molecule has 2 N–H and O–H groups in total. The molecule has 1 amide bonds. The summed E-state index contributed by atoms with van der Waals surface area (Å²) in [7, 11) is -3.81. The molecule has 0 radical (unpaired) electrons. The first-order valence-corrected chi connectivity index (χ1v) is 11.5. The van der Waals surface area contributed by atoms with E-state index in [1.54, 1.807) is 36.4 Å². The average molecular weight is 417 g/mol. The van der Waals surface area contributed by atoms with Crippen molar-refractivity contribution < 1.29 is 17.9 Å². The van der Waals surface area contributed by atoms with E-state index < -0.39 is 10.0 Å².